The van der Waals surface area contributed by atoms with Gasteiger partial charge < -0.3 is 4.90 Å². The number of aromatic nitrogens is 5. The number of aryl methyl sites for hydroxylation is 2. The highest BCUT2D eigenvalue weighted by Gasteiger charge is 2.26. The highest BCUT2D eigenvalue weighted by Crippen LogP contribution is 2.25. The first-order valence-electron chi connectivity index (χ1n) is 10.5. The van der Waals surface area contributed by atoms with E-state index in [9.17, 15) is 4.79 Å². The molecule has 31 heavy (non-hydrogen) atoms. The molecule has 1 aliphatic rings. The molecular weight excluding hydrogens is 432 g/mol. The Labute approximate surface area is 191 Å². The lowest BCUT2D eigenvalue weighted by Crippen LogP contribution is -2.32. The zero-order valence-electron chi connectivity index (χ0n) is 17.7. The number of likely N-dealkylation sites (tertiary alicyclic amines) is 1. The van der Waals surface area contributed by atoms with Crippen LogP contribution in [0.4, 0.5) is 0 Å². The molecule has 0 bridgehead atoms. The molecule has 4 rings (SSSR count). The lowest BCUT2D eigenvalue weighted by Gasteiger charge is -2.19. The molecule has 1 saturated heterocycles. The average Bonchev–Trinajstić information content (AvgIpc) is 2.97. The van der Waals surface area contributed by atoms with Crippen molar-refractivity contribution in [3.05, 3.63) is 58.1 Å². The van der Waals surface area contributed by atoms with Gasteiger partial charge in [-0.25, -0.2) is 14.6 Å². The Hall–Kier alpha value is -2.45. The molecule has 3 heterocycles. The van der Waals surface area contributed by atoms with Crippen molar-refractivity contribution in [2.24, 2.45) is 0 Å². The van der Waals surface area contributed by atoms with Crippen molar-refractivity contribution >= 4 is 29.3 Å². The van der Waals surface area contributed by atoms with E-state index in [1.54, 1.807) is 16.8 Å². The minimum atomic E-state index is -0.0564. The first kappa shape index (κ1) is 21.8. The van der Waals surface area contributed by atoms with Gasteiger partial charge in [-0.1, -0.05) is 41.4 Å². The van der Waals surface area contributed by atoms with Crippen molar-refractivity contribution in [3.63, 3.8) is 0 Å². The van der Waals surface area contributed by atoms with Crippen molar-refractivity contribution in [2.75, 3.05) is 13.1 Å². The van der Waals surface area contributed by atoms with Crippen LogP contribution in [0.3, 0.4) is 0 Å². The molecule has 0 N–H and O–H groups in total. The van der Waals surface area contributed by atoms with Gasteiger partial charge in [0.1, 0.15) is 0 Å². The van der Waals surface area contributed by atoms with Gasteiger partial charge in [0.25, 0.3) is 5.91 Å². The molecule has 0 spiro atoms. The molecule has 0 saturated carbocycles. The third-order valence-electron chi connectivity index (χ3n) is 5.23. The lowest BCUT2D eigenvalue weighted by atomic mass is 10.2. The predicted octanol–water partition coefficient (Wildman–Crippen LogP) is 4.64. The Morgan fingerprint density at radius 3 is 2.32 bits per heavy atom. The predicted molar refractivity (Wildman–Crippen MR) is 122 cm³/mol. The SMILES string of the molecule is Cc1cc(C)nc(SCc2c(C(=O)N3CCCCCC3)nnn2-c2ccc(Cl)cc2)n1. The van der Waals surface area contributed by atoms with Gasteiger partial charge in [-0.3, -0.25) is 4.79 Å². The second kappa shape index (κ2) is 9.78. The van der Waals surface area contributed by atoms with Crippen molar-refractivity contribution in [1.29, 1.82) is 0 Å². The van der Waals surface area contributed by atoms with E-state index >= 15 is 0 Å². The number of hydrogen-bond donors (Lipinski definition) is 0. The van der Waals surface area contributed by atoms with Crippen LogP contribution in [0.5, 0.6) is 0 Å². The molecule has 162 valence electrons. The number of halogens is 1. The molecule has 2 aromatic heterocycles. The van der Waals surface area contributed by atoms with Gasteiger partial charge >= 0.3 is 0 Å². The van der Waals surface area contributed by atoms with E-state index < -0.39 is 0 Å². The van der Waals surface area contributed by atoms with Crippen LogP contribution in [0, 0.1) is 13.8 Å². The van der Waals surface area contributed by atoms with Gasteiger partial charge in [0.05, 0.1) is 11.4 Å². The summed E-state index contributed by atoms with van der Waals surface area (Å²) in [7, 11) is 0. The van der Waals surface area contributed by atoms with E-state index in [-0.39, 0.29) is 5.91 Å². The van der Waals surface area contributed by atoms with Crippen LogP contribution in [-0.4, -0.2) is 48.9 Å². The third kappa shape index (κ3) is 5.25. The fourth-order valence-electron chi connectivity index (χ4n) is 3.70. The number of thioether (sulfide) groups is 1. The zero-order chi connectivity index (χ0) is 21.8. The maximum absolute atomic E-state index is 13.3. The second-order valence-corrected chi connectivity index (χ2v) is 9.08. The monoisotopic (exact) mass is 456 g/mol. The maximum Gasteiger partial charge on any atom is 0.276 e. The third-order valence-corrected chi connectivity index (χ3v) is 6.34. The van der Waals surface area contributed by atoms with Crippen LogP contribution in [0.1, 0.15) is 53.3 Å². The maximum atomic E-state index is 13.3. The van der Waals surface area contributed by atoms with Crippen molar-refractivity contribution in [1.82, 2.24) is 29.9 Å². The number of carbonyl (C=O) groups is 1. The van der Waals surface area contributed by atoms with E-state index in [1.807, 2.05) is 36.9 Å². The van der Waals surface area contributed by atoms with E-state index in [4.69, 9.17) is 11.6 Å². The highest BCUT2D eigenvalue weighted by atomic mass is 35.5. The zero-order valence-corrected chi connectivity index (χ0v) is 19.3. The molecule has 1 amide bonds. The van der Waals surface area contributed by atoms with Gasteiger partial charge in [-0.2, -0.15) is 0 Å². The average molecular weight is 457 g/mol. The smallest absolute Gasteiger partial charge is 0.276 e. The van der Waals surface area contributed by atoms with Crippen molar-refractivity contribution < 1.29 is 4.79 Å². The van der Waals surface area contributed by atoms with Gasteiger partial charge in [0.15, 0.2) is 10.9 Å². The molecule has 1 aromatic carbocycles. The van der Waals surface area contributed by atoms with Gasteiger partial charge in [-0.15, -0.1) is 5.10 Å². The van der Waals surface area contributed by atoms with E-state index in [0.717, 1.165) is 61.5 Å². The van der Waals surface area contributed by atoms with Gasteiger partial charge in [0.2, 0.25) is 0 Å². The standard InChI is InChI=1S/C22H25ClN6OS/c1-15-13-16(2)25-22(24-15)31-14-19-20(21(30)28-11-5-3-4-6-12-28)26-27-29(19)18-9-7-17(23)8-10-18/h7-10,13H,3-6,11-12,14H2,1-2H3. The number of carbonyl (C=O) groups excluding carboxylic acids is 1. The minimum Gasteiger partial charge on any atom is -0.337 e. The first-order chi connectivity index (χ1) is 15.0. The van der Waals surface area contributed by atoms with Crippen LogP contribution < -0.4 is 0 Å². The molecule has 0 unspecified atom stereocenters. The Kier molecular flexibility index (Phi) is 6.87. The molecule has 1 fully saturated rings. The summed E-state index contributed by atoms with van der Waals surface area (Å²) in [6.45, 7) is 5.43. The normalized spacial score (nSPS) is 14.5. The number of hydrogen-bond acceptors (Lipinski definition) is 6. The van der Waals surface area contributed by atoms with Gasteiger partial charge in [0, 0.05) is 35.3 Å². The van der Waals surface area contributed by atoms with E-state index in [1.165, 1.54) is 11.8 Å². The summed E-state index contributed by atoms with van der Waals surface area (Å²) < 4.78 is 1.72. The largest absolute Gasteiger partial charge is 0.337 e. The van der Waals surface area contributed by atoms with Crippen LogP contribution in [0.2, 0.25) is 5.02 Å². The molecule has 0 aliphatic carbocycles. The summed E-state index contributed by atoms with van der Waals surface area (Å²) >= 11 is 7.54. The Balaban J connectivity index is 1.67. The number of rotatable bonds is 5. The van der Waals surface area contributed by atoms with Crippen LogP contribution >= 0.6 is 23.4 Å². The Bertz CT molecular complexity index is 1040. The Morgan fingerprint density at radius 1 is 1.03 bits per heavy atom. The molecule has 1 aliphatic heterocycles. The van der Waals surface area contributed by atoms with Crippen LogP contribution in [0.25, 0.3) is 5.69 Å². The summed E-state index contributed by atoms with van der Waals surface area (Å²) in [5.74, 6) is 0.423. The molecule has 0 radical (unpaired) electrons. The number of benzene rings is 1. The molecule has 3 aromatic rings. The lowest BCUT2D eigenvalue weighted by molar-refractivity contribution is 0.0755. The summed E-state index contributed by atoms with van der Waals surface area (Å²) in [5, 5.41) is 9.95. The summed E-state index contributed by atoms with van der Waals surface area (Å²) in [4.78, 5) is 24.3. The molecule has 7 nitrogen and oxygen atoms in total. The van der Waals surface area contributed by atoms with Crippen LogP contribution in [-0.2, 0) is 5.75 Å². The number of nitrogens with zero attached hydrogens (tertiary/aromatic N) is 6. The summed E-state index contributed by atoms with van der Waals surface area (Å²) in [6, 6.07) is 9.30. The van der Waals surface area contributed by atoms with E-state index in [2.05, 4.69) is 20.3 Å². The second-order valence-electron chi connectivity index (χ2n) is 7.70. The quantitative estimate of drug-likeness (QED) is 0.411. The fraction of sp³-hybridized carbons (Fsp3) is 0.409. The van der Waals surface area contributed by atoms with Gasteiger partial charge in [-0.05, 0) is 57.0 Å². The molecule has 9 heteroatoms. The van der Waals surface area contributed by atoms with Crippen molar-refractivity contribution in [3.8, 4) is 5.69 Å². The first-order valence-corrected chi connectivity index (χ1v) is 11.8. The fourth-order valence-corrected chi connectivity index (χ4v) is 4.77. The minimum absolute atomic E-state index is 0.0564. The topological polar surface area (TPSA) is 76.8 Å². The molecular formula is C22H25ClN6OS. The van der Waals surface area contributed by atoms with E-state index in [0.29, 0.717) is 21.6 Å². The Morgan fingerprint density at radius 2 is 1.68 bits per heavy atom. The highest BCUT2D eigenvalue weighted by molar-refractivity contribution is 7.98. The molecule has 0 atom stereocenters. The van der Waals surface area contributed by atoms with Crippen molar-refractivity contribution in [2.45, 2.75) is 50.4 Å². The summed E-state index contributed by atoms with van der Waals surface area (Å²) in [6.07, 6.45) is 4.37. The number of amides is 1. The summed E-state index contributed by atoms with van der Waals surface area (Å²) in [5.41, 5.74) is 3.78. The van der Waals surface area contributed by atoms with Crippen LogP contribution in [0.15, 0.2) is 35.5 Å².